The van der Waals surface area contributed by atoms with E-state index in [1.165, 1.54) is 11.3 Å². The molecule has 1 unspecified atom stereocenters. The highest BCUT2D eigenvalue weighted by Crippen LogP contribution is 2.30. The molecule has 2 aromatic heterocycles. The van der Waals surface area contributed by atoms with Gasteiger partial charge in [-0.3, -0.25) is 20.4 Å². The molecular weight excluding hydrogens is 410 g/mol. The largest absolute Gasteiger partial charge is 0.494 e. The number of benzene rings is 1. The Hall–Kier alpha value is -2.91. The van der Waals surface area contributed by atoms with Crippen LogP contribution in [0.5, 0.6) is 11.5 Å². The van der Waals surface area contributed by atoms with Crippen LogP contribution in [-0.2, 0) is 4.79 Å². The summed E-state index contributed by atoms with van der Waals surface area (Å²) in [4.78, 5) is 30.6. The molecule has 0 saturated heterocycles. The van der Waals surface area contributed by atoms with Gasteiger partial charge in [-0.1, -0.05) is 6.07 Å². The number of ether oxygens (including phenoxy) is 2. The van der Waals surface area contributed by atoms with Crippen LogP contribution in [0.4, 0.5) is 0 Å². The van der Waals surface area contributed by atoms with E-state index in [4.69, 9.17) is 9.47 Å². The van der Waals surface area contributed by atoms with Gasteiger partial charge < -0.3 is 9.47 Å². The predicted molar refractivity (Wildman–Crippen MR) is 113 cm³/mol. The molecule has 0 bridgehead atoms. The van der Waals surface area contributed by atoms with E-state index in [-0.39, 0.29) is 0 Å². The summed E-state index contributed by atoms with van der Waals surface area (Å²) < 4.78 is 11.0. The summed E-state index contributed by atoms with van der Waals surface area (Å²) in [5.74, 6) is 0.379. The topological polar surface area (TPSA) is 89.5 Å². The molecule has 152 valence electrons. The number of aromatic nitrogens is 1. The summed E-state index contributed by atoms with van der Waals surface area (Å²) in [5.41, 5.74) is 5.44. The fourth-order valence-corrected chi connectivity index (χ4v) is 4.19. The fourth-order valence-electron chi connectivity index (χ4n) is 2.43. The van der Waals surface area contributed by atoms with Gasteiger partial charge in [-0.15, -0.1) is 22.7 Å². The van der Waals surface area contributed by atoms with Gasteiger partial charge in [0.05, 0.1) is 17.2 Å². The van der Waals surface area contributed by atoms with Gasteiger partial charge >= 0.3 is 0 Å². The third-order valence-corrected chi connectivity index (χ3v) is 6.05. The van der Waals surface area contributed by atoms with E-state index in [2.05, 4.69) is 15.8 Å². The maximum absolute atomic E-state index is 12.4. The van der Waals surface area contributed by atoms with E-state index >= 15 is 0 Å². The molecule has 2 amide bonds. The van der Waals surface area contributed by atoms with Crippen LogP contribution in [-0.4, -0.2) is 29.5 Å². The third-order valence-electron chi connectivity index (χ3n) is 3.85. The quantitative estimate of drug-likeness (QED) is 0.556. The molecule has 3 aromatic rings. The van der Waals surface area contributed by atoms with Crippen molar-refractivity contribution >= 4 is 34.5 Å². The standard InChI is InChI=1S/C20H21N3O4S2/c1-4-26-14-7-9-15(10-8-14)27-13(3)18(24)22-23-19(25)17-12(2)21-20(29-17)16-6-5-11-28-16/h5-11,13H,4H2,1-3H3,(H,22,24)(H,23,25). The minimum absolute atomic E-state index is 0.413. The van der Waals surface area contributed by atoms with Gasteiger partial charge in [0.1, 0.15) is 21.4 Å². The first-order valence-corrected chi connectivity index (χ1v) is 10.7. The minimum atomic E-state index is -0.794. The Kier molecular flexibility index (Phi) is 6.84. The van der Waals surface area contributed by atoms with E-state index in [0.717, 1.165) is 15.6 Å². The normalized spacial score (nSPS) is 11.6. The third kappa shape index (κ3) is 5.33. The number of carbonyl (C=O) groups excluding carboxylic acids is 2. The second-order valence-corrected chi connectivity index (χ2v) is 7.97. The molecule has 2 heterocycles. The average Bonchev–Trinajstić information content (AvgIpc) is 3.37. The molecule has 0 aliphatic heterocycles. The maximum atomic E-state index is 12.4. The molecule has 0 saturated carbocycles. The van der Waals surface area contributed by atoms with E-state index in [9.17, 15) is 9.59 Å². The Labute approximate surface area is 176 Å². The number of thiazole rings is 1. The predicted octanol–water partition coefficient (Wildman–Crippen LogP) is 3.81. The number of hydrogen-bond acceptors (Lipinski definition) is 7. The second-order valence-electron chi connectivity index (χ2n) is 6.02. The maximum Gasteiger partial charge on any atom is 0.281 e. The zero-order chi connectivity index (χ0) is 20.8. The van der Waals surface area contributed by atoms with E-state index in [1.807, 2.05) is 24.4 Å². The van der Waals surface area contributed by atoms with Crippen LogP contribution in [0, 0.1) is 6.92 Å². The van der Waals surface area contributed by atoms with E-state index < -0.39 is 17.9 Å². The van der Waals surface area contributed by atoms with Gasteiger partial charge in [0.2, 0.25) is 0 Å². The summed E-state index contributed by atoms with van der Waals surface area (Å²) in [6.45, 7) is 5.85. The number of amides is 2. The molecule has 0 spiro atoms. The van der Waals surface area contributed by atoms with Crippen molar-refractivity contribution in [1.29, 1.82) is 0 Å². The Morgan fingerprint density at radius 2 is 1.86 bits per heavy atom. The number of hydrogen-bond donors (Lipinski definition) is 2. The average molecular weight is 432 g/mol. The highest BCUT2D eigenvalue weighted by atomic mass is 32.1. The number of rotatable bonds is 7. The molecule has 0 aliphatic carbocycles. The van der Waals surface area contributed by atoms with Gasteiger partial charge in [-0.25, -0.2) is 4.98 Å². The van der Waals surface area contributed by atoms with Crippen molar-refractivity contribution in [3.63, 3.8) is 0 Å². The van der Waals surface area contributed by atoms with Crippen LogP contribution in [0.3, 0.4) is 0 Å². The molecule has 29 heavy (non-hydrogen) atoms. The highest BCUT2D eigenvalue weighted by Gasteiger charge is 2.19. The van der Waals surface area contributed by atoms with Crippen LogP contribution in [0.15, 0.2) is 41.8 Å². The lowest BCUT2D eigenvalue weighted by Crippen LogP contribution is -2.47. The summed E-state index contributed by atoms with van der Waals surface area (Å²) in [6, 6.07) is 10.9. The Morgan fingerprint density at radius 1 is 1.14 bits per heavy atom. The molecule has 9 heteroatoms. The SMILES string of the molecule is CCOc1ccc(OC(C)C(=O)NNC(=O)c2sc(-c3cccs3)nc2C)cc1. The number of nitrogens with one attached hydrogen (secondary N) is 2. The van der Waals surface area contributed by atoms with Crippen molar-refractivity contribution in [2.75, 3.05) is 6.61 Å². The van der Waals surface area contributed by atoms with Crippen LogP contribution in [0.25, 0.3) is 9.88 Å². The summed E-state index contributed by atoms with van der Waals surface area (Å²) in [7, 11) is 0. The zero-order valence-electron chi connectivity index (χ0n) is 16.2. The number of carbonyl (C=O) groups is 2. The first-order valence-electron chi connectivity index (χ1n) is 8.99. The molecule has 3 rings (SSSR count). The first kappa shape index (κ1) is 20.8. The van der Waals surface area contributed by atoms with E-state index in [0.29, 0.717) is 22.9 Å². The molecule has 0 aliphatic rings. The minimum Gasteiger partial charge on any atom is -0.494 e. The molecule has 2 N–H and O–H groups in total. The van der Waals surface area contributed by atoms with Gasteiger partial charge in [0, 0.05) is 0 Å². The lowest BCUT2D eigenvalue weighted by atomic mass is 10.3. The summed E-state index contributed by atoms with van der Waals surface area (Å²) in [6.07, 6.45) is -0.794. The van der Waals surface area contributed by atoms with Crippen molar-refractivity contribution in [2.45, 2.75) is 26.9 Å². The Bertz CT molecular complexity index is 968. The van der Waals surface area contributed by atoms with Crippen LogP contribution in [0.2, 0.25) is 0 Å². The van der Waals surface area contributed by atoms with Gasteiger partial charge in [-0.05, 0) is 56.5 Å². The second kappa shape index (κ2) is 9.53. The molecule has 1 atom stereocenters. The van der Waals surface area contributed by atoms with Crippen molar-refractivity contribution < 1.29 is 19.1 Å². The molecule has 7 nitrogen and oxygen atoms in total. The van der Waals surface area contributed by atoms with Crippen LogP contribution < -0.4 is 20.3 Å². The summed E-state index contributed by atoms with van der Waals surface area (Å²) in [5, 5.41) is 2.74. The smallest absolute Gasteiger partial charge is 0.281 e. The zero-order valence-corrected chi connectivity index (χ0v) is 17.9. The Balaban J connectivity index is 1.53. The van der Waals surface area contributed by atoms with Crippen LogP contribution >= 0.6 is 22.7 Å². The van der Waals surface area contributed by atoms with Gasteiger partial charge in [0.25, 0.3) is 11.8 Å². The highest BCUT2D eigenvalue weighted by molar-refractivity contribution is 7.22. The fraction of sp³-hybridized carbons (Fsp3) is 0.250. The van der Waals surface area contributed by atoms with Crippen molar-refractivity contribution in [3.05, 3.63) is 52.3 Å². The molecule has 1 aromatic carbocycles. The lowest BCUT2D eigenvalue weighted by molar-refractivity contribution is -0.128. The van der Waals surface area contributed by atoms with Gasteiger partial charge in [0.15, 0.2) is 6.10 Å². The first-order chi connectivity index (χ1) is 14.0. The van der Waals surface area contributed by atoms with Crippen molar-refractivity contribution in [2.24, 2.45) is 0 Å². The molecule has 0 radical (unpaired) electrons. The van der Waals surface area contributed by atoms with Crippen molar-refractivity contribution in [3.8, 4) is 21.4 Å². The molecule has 0 fully saturated rings. The number of thiophene rings is 1. The molecular formula is C20H21N3O4S2. The number of hydrazine groups is 1. The van der Waals surface area contributed by atoms with Crippen LogP contribution in [0.1, 0.15) is 29.2 Å². The number of aryl methyl sites for hydroxylation is 1. The monoisotopic (exact) mass is 431 g/mol. The van der Waals surface area contributed by atoms with Crippen molar-refractivity contribution in [1.82, 2.24) is 15.8 Å². The number of nitrogens with zero attached hydrogens (tertiary/aromatic N) is 1. The Morgan fingerprint density at radius 3 is 2.52 bits per heavy atom. The van der Waals surface area contributed by atoms with E-state index in [1.54, 1.807) is 49.4 Å². The summed E-state index contributed by atoms with van der Waals surface area (Å²) >= 11 is 2.84. The lowest BCUT2D eigenvalue weighted by Gasteiger charge is -2.15. The van der Waals surface area contributed by atoms with Gasteiger partial charge in [-0.2, -0.15) is 0 Å².